The average Bonchev–Trinajstić information content (AvgIpc) is 3.05. The fourth-order valence-electron chi connectivity index (χ4n) is 3.05. The minimum absolute atomic E-state index is 0.238. The molecule has 0 saturated carbocycles. The molecule has 4 rings (SSSR count). The van der Waals surface area contributed by atoms with Crippen LogP contribution >= 0.6 is 11.6 Å². The van der Waals surface area contributed by atoms with Gasteiger partial charge in [0.25, 0.3) is 5.56 Å². The third-order valence-corrected chi connectivity index (χ3v) is 4.56. The number of pyridine rings is 2. The number of aromatic amines is 2. The zero-order chi connectivity index (χ0) is 19.0. The molecule has 0 aliphatic carbocycles. The highest BCUT2D eigenvalue weighted by Crippen LogP contribution is 2.31. The molecular formula is C19H19ClN6O. The van der Waals surface area contributed by atoms with Crippen molar-refractivity contribution in [2.24, 2.45) is 0 Å². The summed E-state index contributed by atoms with van der Waals surface area (Å²) in [6.45, 7) is 1.48. The fourth-order valence-corrected chi connectivity index (χ4v) is 3.21. The van der Waals surface area contributed by atoms with Crippen LogP contribution in [0.3, 0.4) is 0 Å². The third-order valence-electron chi connectivity index (χ3n) is 4.35. The minimum atomic E-state index is -0.238. The van der Waals surface area contributed by atoms with Crippen LogP contribution in [0.2, 0.25) is 5.15 Å². The number of hydrogen-bond acceptors (Lipinski definition) is 5. The maximum atomic E-state index is 12.9. The summed E-state index contributed by atoms with van der Waals surface area (Å²) in [7, 11) is 4.00. The molecular weight excluding hydrogens is 364 g/mol. The Bertz CT molecular complexity index is 1150. The van der Waals surface area contributed by atoms with Gasteiger partial charge in [0.15, 0.2) is 0 Å². The summed E-state index contributed by atoms with van der Waals surface area (Å²) >= 11 is 6.11. The first-order chi connectivity index (χ1) is 13.0. The fraction of sp³-hybridized carbons (Fsp3) is 0.211. The van der Waals surface area contributed by atoms with Gasteiger partial charge < -0.3 is 20.2 Å². The molecule has 3 heterocycles. The molecule has 0 atom stereocenters. The smallest absolute Gasteiger partial charge is 0.261 e. The first-order valence-electron chi connectivity index (χ1n) is 8.58. The van der Waals surface area contributed by atoms with Crippen LogP contribution in [0, 0.1) is 0 Å². The Labute approximate surface area is 160 Å². The van der Waals surface area contributed by atoms with Crippen LogP contribution in [0.5, 0.6) is 0 Å². The van der Waals surface area contributed by atoms with E-state index in [0.29, 0.717) is 34.3 Å². The number of halogens is 1. The Balaban J connectivity index is 1.94. The average molecular weight is 383 g/mol. The van der Waals surface area contributed by atoms with Crippen molar-refractivity contribution in [2.45, 2.75) is 0 Å². The summed E-state index contributed by atoms with van der Waals surface area (Å²) in [6, 6.07) is 9.43. The van der Waals surface area contributed by atoms with E-state index < -0.39 is 0 Å². The van der Waals surface area contributed by atoms with E-state index in [1.54, 1.807) is 12.3 Å². The van der Waals surface area contributed by atoms with Crippen molar-refractivity contribution in [3.05, 3.63) is 52.0 Å². The van der Waals surface area contributed by atoms with Gasteiger partial charge in [-0.25, -0.2) is 9.97 Å². The van der Waals surface area contributed by atoms with E-state index in [0.717, 1.165) is 23.0 Å². The van der Waals surface area contributed by atoms with Gasteiger partial charge in [0, 0.05) is 18.5 Å². The number of nitrogens with zero attached hydrogens (tertiary/aromatic N) is 3. The Hall–Kier alpha value is -2.90. The van der Waals surface area contributed by atoms with Crippen molar-refractivity contribution in [2.75, 3.05) is 32.5 Å². The highest BCUT2D eigenvalue weighted by atomic mass is 35.5. The van der Waals surface area contributed by atoms with Crippen molar-refractivity contribution >= 4 is 39.2 Å². The lowest BCUT2D eigenvalue weighted by Gasteiger charge is -2.15. The first kappa shape index (κ1) is 17.5. The summed E-state index contributed by atoms with van der Waals surface area (Å²) < 4.78 is 0. The number of hydrogen-bond donors (Lipinski definition) is 3. The molecule has 1 aromatic carbocycles. The van der Waals surface area contributed by atoms with Crippen molar-refractivity contribution in [3.8, 4) is 11.4 Å². The molecule has 138 valence electrons. The standard InChI is InChI=1S/C19H19ClN6O/c1-26(2)8-7-21-17-11-9-15(20)22-10-14(11)25-19(27)16(17)18-23-12-5-3-4-6-13(12)24-18/h3-6,9-10H,7-8H2,1-2H3,(H,23,24)(H2,21,25,27). The van der Waals surface area contributed by atoms with Gasteiger partial charge in [0.05, 0.1) is 28.4 Å². The number of likely N-dealkylation sites (N-methyl/N-ethyl adjacent to an activating group) is 1. The second-order valence-electron chi connectivity index (χ2n) is 6.59. The van der Waals surface area contributed by atoms with Gasteiger partial charge >= 0.3 is 0 Å². The van der Waals surface area contributed by atoms with E-state index in [4.69, 9.17) is 11.6 Å². The van der Waals surface area contributed by atoms with Crippen LogP contribution in [-0.2, 0) is 0 Å². The van der Waals surface area contributed by atoms with Crippen molar-refractivity contribution in [3.63, 3.8) is 0 Å². The summed E-state index contributed by atoms with van der Waals surface area (Å²) in [6.07, 6.45) is 1.57. The van der Waals surface area contributed by atoms with Crippen LogP contribution in [0.15, 0.2) is 41.3 Å². The van der Waals surface area contributed by atoms with Crippen LogP contribution in [-0.4, -0.2) is 52.0 Å². The van der Waals surface area contributed by atoms with E-state index >= 15 is 0 Å². The molecule has 27 heavy (non-hydrogen) atoms. The molecule has 0 saturated heterocycles. The molecule has 0 amide bonds. The van der Waals surface area contributed by atoms with E-state index in [9.17, 15) is 4.79 Å². The molecule has 8 heteroatoms. The predicted molar refractivity (Wildman–Crippen MR) is 110 cm³/mol. The van der Waals surface area contributed by atoms with Gasteiger partial charge in [-0.15, -0.1) is 0 Å². The van der Waals surface area contributed by atoms with Crippen molar-refractivity contribution in [1.29, 1.82) is 0 Å². The second kappa shape index (κ2) is 7.02. The number of nitrogens with one attached hydrogen (secondary N) is 3. The lowest BCUT2D eigenvalue weighted by atomic mass is 10.1. The van der Waals surface area contributed by atoms with Gasteiger partial charge in [-0.05, 0) is 32.3 Å². The molecule has 3 N–H and O–H groups in total. The Morgan fingerprint density at radius 2 is 2.00 bits per heavy atom. The van der Waals surface area contributed by atoms with Gasteiger partial charge in [-0.1, -0.05) is 23.7 Å². The predicted octanol–water partition coefficient (Wildman–Crippen LogP) is 3.09. The molecule has 0 aliphatic rings. The van der Waals surface area contributed by atoms with E-state index in [2.05, 4.69) is 30.2 Å². The van der Waals surface area contributed by atoms with Gasteiger partial charge in [-0.3, -0.25) is 4.79 Å². The monoisotopic (exact) mass is 382 g/mol. The number of anilines is 1. The zero-order valence-electron chi connectivity index (χ0n) is 15.0. The van der Waals surface area contributed by atoms with Crippen LogP contribution in [0.4, 0.5) is 5.69 Å². The number of rotatable bonds is 5. The maximum Gasteiger partial charge on any atom is 0.261 e. The molecule has 0 radical (unpaired) electrons. The van der Waals surface area contributed by atoms with Crippen LogP contribution < -0.4 is 10.9 Å². The van der Waals surface area contributed by atoms with Crippen molar-refractivity contribution in [1.82, 2.24) is 24.8 Å². The molecule has 7 nitrogen and oxygen atoms in total. The molecule has 0 aliphatic heterocycles. The summed E-state index contributed by atoms with van der Waals surface area (Å²) in [5.74, 6) is 0.514. The maximum absolute atomic E-state index is 12.9. The number of imidazole rings is 1. The molecule has 3 aromatic heterocycles. The normalized spacial score (nSPS) is 11.6. The number of benzene rings is 1. The second-order valence-corrected chi connectivity index (χ2v) is 6.98. The van der Waals surface area contributed by atoms with Crippen LogP contribution in [0.1, 0.15) is 0 Å². The molecule has 4 aromatic rings. The highest BCUT2D eigenvalue weighted by molar-refractivity contribution is 6.30. The summed E-state index contributed by atoms with van der Waals surface area (Å²) in [5, 5.41) is 4.55. The molecule has 0 unspecified atom stereocenters. The lowest BCUT2D eigenvalue weighted by molar-refractivity contribution is 0.425. The molecule has 0 spiro atoms. The van der Waals surface area contributed by atoms with E-state index in [1.807, 2.05) is 38.4 Å². The SMILES string of the molecule is CN(C)CCNc1c(-c2nc3ccccc3[nH]2)c(=O)[nH]c2cnc(Cl)cc12. The minimum Gasteiger partial charge on any atom is -0.382 e. The number of para-hydroxylation sites is 2. The van der Waals surface area contributed by atoms with Crippen LogP contribution in [0.25, 0.3) is 33.3 Å². The molecule has 0 bridgehead atoms. The highest BCUT2D eigenvalue weighted by Gasteiger charge is 2.18. The van der Waals surface area contributed by atoms with Crippen molar-refractivity contribution < 1.29 is 0 Å². The number of H-pyrrole nitrogens is 2. The zero-order valence-corrected chi connectivity index (χ0v) is 15.8. The Morgan fingerprint density at radius 3 is 2.78 bits per heavy atom. The van der Waals surface area contributed by atoms with Gasteiger partial charge in [0.1, 0.15) is 16.5 Å². The summed E-state index contributed by atoms with van der Waals surface area (Å²) in [4.78, 5) is 29.7. The Morgan fingerprint density at radius 1 is 1.19 bits per heavy atom. The van der Waals surface area contributed by atoms with E-state index in [-0.39, 0.29) is 5.56 Å². The van der Waals surface area contributed by atoms with Gasteiger partial charge in [-0.2, -0.15) is 0 Å². The van der Waals surface area contributed by atoms with Gasteiger partial charge in [0.2, 0.25) is 0 Å². The number of fused-ring (bicyclic) bond motifs is 2. The largest absolute Gasteiger partial charge is 0.382 e. The summed E-state index contributed by atoms with van der Waals surface area (Å²) in [5.41, 5.74) is 3.21. The third kappa shape index (κ3) is 3.39. The number of aromatic nitrogens is 4. The first-order valence-corrected chi connectivity index (χ1v) is 8.96. The molecule has 0 fully saturated rings. The quantitative estimate of drug-likeness (QED) is 0.461. The lowest BCUT2D eigenvalue weighted by Crippen LogP contribution is -2.22. The Kier molecular flexibility index (Phi) is 4.55. The topological polar surface area (TPSA) is 89.7 Å². The van der Waals surface area contributed by atoms with E-state index in [1.165, 1.54) is 0 Å².